The van der Waals surface area contributed by atoms with Gasteiger partial charge in [-0.25, -0.2) is 0 Å². The first kappa shape index (κ1) is 13.3. The quantitative estimate of drug-likeness (QED) is 0.868. The largest absolute Gasteiger partial charge is 0.339 e. The Labute approximate surface area is 123 Å². The number of amides is 1. The van der Waals surface area contributed by atoms with Crippen molar-refractivity contribution in [2.45, 2.75) is 19.3 Å². The molecule has 1 aliphatic rings. The van der Waals surface area contributed by atoms with Gasteiger partial charge in [-0.2, -0.15) is 11.3 Å². The topological polar surface area (TPSA) is 33.2 Å². The molecule has 0 saturated carbocycles. The van der Waals surface area contributed by atoms with E-state index in [1.807, 2.05) is 34.1 Å². The summed E-state index contributed by atoms with van der Waals surface area (Å²) in [4.78, 5) is 18.3. The molecule has 2 aromatic heterocycles. The zero-order valence-corrected chi connectivity index (χ0v) is 12.2. The minimum atomic E-state index is 0.189. The summed E-state index contributed by atoms with van der Waals surface area (Å²) in [5.74, 6) is 0.873. The average Bonchev–Trinajstić information content (AvgIpc) is 3.03. The molecule has 4 heteroatoms. The molecule has 0 atom stereocenters. The minimum Gasteiger partial charge on any atom is -0.339 e. The van der Waals surface area contributed by atoms with Crippen LogP contribution in [0.25, 0.3) is 0 Å². The lowest BCUT2D eigenvalue weighted by Crippen LogP contribution is -2.38. The van der Waals surface area contributed by atoms with E-state index < -0.39 is 0 Å². The Kier molecular flexibility index (Phi) is 4.11. The van der Waals surface area contributed by atoms with Gasteiger partial charge in [-0.1, -0.05) is 0 Å². The minimum absolute atomic E-state index is 0.189. The van der Waals surface area contributed by atoms with Crippen LogP contribution in [-0.4, -0.2) is 28.9 Å². The second-order valence-electron chi connectivity index (χ2n) is 5.31. The van der Waals surface area contributed by atoms with E-state index in [-0.39, 0.29) is 5.91 Å². The lowest BCUT2D eigenvalue weighted by molar-refractivity contribution is 0.0691. The standard InChI is InChI=1S/C16H18N2OS/c19-16(15-5-10-20-12-15)18-8-3-14(4-9-18)11-13-1-6-17-7-2-13/h1-2,5-7,10,12,14H,3-4,8-9,11H2. The summed E-state index contributed by atoms with van der Waals surface area (Å²) in [6, 6.07) is 6.09. The van der Waals surface area contributed by atoms with Crippen LogP contribution in [0.2, 0.25) is 0 Å². The third-order valence-electron chi connectivity index (χ3n) is 3.94. The number of pyridine rings is 1. The summed E-state index contributed by atoms with van der Waals surface area (Å²) in [6.45, 7) is 1.76. The fourth-order valence-electron chi connectivity index (χ4n) is 2.76. The second kappa shape index (κ2) is 6.18. The van der Waals surface area contributed by atoms with Crippen LogP contribution in [0.3, 0.4) is 0 Å². The predicted molar refractivity (Wildman–Crippen MR) is 80.9 cm³/mol. The predicted octanol–water partition coefficient (Wildman–Crippen LogP) is 3.24. The number of likely N-dealkylation sites (tertiary alicyclic amines) is 1. The highest BCUT2D eigenvalue weighted by Crippen LogP contribution is 2.23. The van der Waals surface area contributed by atoms with E-state index in [2.05, 4.69) is 17.1 Å². The Morgan fingerprint density at radius 2 is 2.00 bits per heavy atom. The number of hydrogen-bond acceptors (Lipinski definition) is 3. The second-order valence-corrected chi connectivity index (χ2v) is 6.09. The molecular weight excluding hydrogens is 268 g/mol. The number of piperidine rings is 1. The van der Waals surface area contributed by atoms with Crippen molar-refractivity contribution in [3.05, 3.63) is 52.5 Å². The molecule has 0 N–H and O–H groups in total. The van der Waals surface area contributed by atoms with Gasteiger partial charge < -0.3 is 4.90 Å². The fraction of sp³-hybridized carbons (Fsp3) is 0.375. The third kappa shape index (κ3) is 3.07. The zero-order valence-electron chi connectivity index (χ0n) is 11.4. The normalized spacial score (nSPS) is 16.3. The molecule has 1 aliphatic heterocycles. The number of rotatable bonds is 3. The Hall–Kier alpha value is -1.68. The van der Waals surface area contributed by atoms with Gasteiger partial charge in [0.15, 0.2) is 0 Å². The molecule has 20 heavy (non-hydrogen) atoms. The molecule has 3 heterocycles. The van der Waals surface area contributed by atoms with E-state index >= 15 is 0 Å². The van der Waals surface area contributed by atoms with Crippen LogP contribution in [0.5, 0.6) is 0 Å². The highest BCUT2D eigenvalue weighted by atomic mass is 32.1. The lowest BCUT2D eigenvalue weighted by Gasteiger charge is -2.32. The van der Waals surface area contributed by atoms with Gasteiger partial charge in [-0.3, -0.25) is 9.78 Å². The highest BCUT2D eigenvalue weighted by molar-refractivity contribution is 7.08. The van der Waals surface area contributed by atoms with Crippen molar-refractivity contribution in [3.8, 4) is 0 Å². The first-order chi connectivity index (χ1) is 9.83. The van der Waals surface area contributed by atoms with E-state index in [0.717, 1.165) is 37.9 Å². The molecule has 1 amide bonds. The van der Waals surface area contributed by atoms with Gasteiger partial charge in [0, 0.05) is 30.9 Å². The van der Waals surface area contributed by atoms with Crippen LogP contribution in [-0.2, 0) is 6.42 Å². The highest BCUT2D eigenvalue weighted by Gasteiger charge is 2.23. The molecule has 3 rings (SSSR count). The van der Waals surface area contributed by atoms with Gasteiger partial charge in [0.05, 0.1) is 5.56 Å². The number of thiophene rings is 1. The van der Waals surface area contributed by atoms with E-state index in [0.29, 0.717) is 5.92 Å². The smallest absolute Gasteiger partial charge is 0.254 e. The van der Waals surface area contributed by atoms with Crippen LogP contribution >= 0.6 is 11.3 Å². The molecule has 0 aliphatic carbocycles. The summed E-state index contributed by atoms with van der Waals surface area (Å²) in [7, 11) is 0. The van der Waals surface area contributed by atoms with Crippen LogP contribution < -0.4 is 0 Å². The maximum atomic E-state index is 12.3. The van der Waals surface area contributed by atoms with Crippen molar-refractivity contribution in [3.63, 3.8) is 0 Å². The SMILES string of the molecule is O=C(c1ccsc1)N1CCC(Cc2ccncc2)CC1. The maximum Gasteiger partial charge on any atom is 0.254 e. The Bertz CT molecular complexity index is 545. The molecule has 0 unspecified atom stereocenters. The van der Waals surface area contributed by atoms with Crippen LogP contribution in [0.1, 0.15) is 28.8 Å². The van der Waals surface area contributed by atoms with Crippen LogP contribution in [0.15, 0.2) is 41.4 Å². The molecule has 3 nitrogen and oxygen atoms in total. The first-order valence-electron chi connectivity index (χ1n) is 7.03. The molecule has 104 valence electrons. The van der Waals surface area contributed by atoms with E-state index in [1.165, 1.54) is 5.56 Å². The summed E-state index contributed by atoms with van der Waals surface area (Å²) >= 11 is 1.58. The molecule has 1 saturated heterocycles. The maximum absolute atomic E-state index is 12.3. The average molecular weight is 286 g/mol. The molecule has 2 aromatic rings. The first-order valence-corrected chi connectivity index (χ1v) is 7.97. The number of hydrogen-bond donors (Lipinski definition) is 0. The van der Waals surface area contributed by atoms with Crippen LogP contribution in [0, 0.1) is 5.92 Å². The number of carbonyl (C=O) groups excluding carboxylic acids is 1. The van der Waals surface area contributed by atoms with E-state index in [1.54, 1.807) is 11.3 Å². The van der Waals surface area contributed by atoms with Crippen molar-refractivity contribution < 1.29 is 4.79 Å². The van der Waals surface area contributed by atoms with Crippen LogP contribution in [0.4, 0.5) is 0 Å². The van der Waals surface area contributed by atoms with Crippen molar-refractivity contribution in [1.82, 2.24) is 9.88 Å². The summed E-state index contributed by atoms with van der Waals surface area (Å²) < 4.78 is 0. The van der Waals surface area contributed by atoms with Gasteiger partial charge in [0.1, 0.15) is 0 Å². The monoisotopic (exact) mass is 286 g/mol. The van der Waals surface area contributed by atoms with Crippen molar-refractivity contribution in [2.24, 2.45) is 5.92 Å². The number of nitrogens with zero attached hydrogens (tertiary/aromatic N) is 2. The molecular formula is C16H18N2OS. The molecule has 0 spiro atoms. The van der Waals surface area contributed by atoms with Gasteiger partial charge in [0.2, 0.25) is 0 Å². The van der Waals surface area contributed by atoms with Gasteiger partial charge in [-0.15, -0.1) is 0 Å². The molecule has 0 aromatic carbocycles. The van der Waals surface area contributed by atoms with E-state index in [9.17, 15) is 4.79 Å². The Balaban J connectivity index is 1.53. The lowest BCUT2D eigenvalue weighted by atomic mass is 9.90. The summed E-state index contributed by atoms with van der Waals surface area (Å²) in [5, 5.41) is 3.90. The Morgan fingerprint density at radius 3 is 2.65 bits per heavy atom. The molecule has 0 radical (unpaired) electrons. The van der Waals surface area contributed by atoms with Crippen molar-refractivity contribution in [1.29, 1.82) is 0 Å². The number of carbonyl (C=O) groups is 1. The van der Waals surface area contributed by atoms with Crippen molar-refractivity contribution >= 4 is 17.2 Å². The van der Waals surface area contributed by atoms with Gasteiger partial charge >= 0.3 is 0 Å². The van der Waals surface area contributed by atoms with E-state index in [4.69, 9.17) is 0 Å². The molecule has 1 fully saturated rings. The molecule has 0 bridgehead atoms. The fourth-order valence-corrected chi connectivity index (χ4v) is 3.39. The third-order valence-corrected chi connectivity index (χ3v) is 4.63. The summed E-state index contributed by atoms with van der Waals surface area (Å²) in [5.41, 5.74) is 2.19. The van der Waals surface area contributed by atoms with Crippen molar-refractivity contribution in [2.75, 3.05) is 13.1 Å². The number of aromatic nitrogens is 1. The zero-order chi connectivity index (χ0) is 13.8. The van der Waals surface area contributed by atoms with Gasteiger partial charge in [-0.05, 0) is 54.3 Å². The Morgan fingerprint density at radius 1 is 1.25 bits per heavy atom. The van der Waals surface area contributed by atoms with Gasteiger partial charge in [0.25, 0.3) is 5.91 Å². The summed E-state index contributed by atoms with van der Waals surface area (Å²) in [6.07, 6.45) is 6.99.